The van der Waals surface area contributed by atoms with Crippen molar-refractivity contribution < 1.29 is 27.8 Å². The van der Waals surface area contributed by atoms with Crippen molar-refractivity contribution in [1.82, 2.24) is 9.97 Å². The zero-order chi connectivity index (χ0) is 23.2. The second-order valence-corrected chi connectivity index (χ2v) is 7.61. The molecule has 12 heteroatoms. The Morgan fingerprint density at radius 2 is 2.03 bits per heavy atom. The monoisotopic (exact) mass is 475 g/mol. The summed E-state index contributed by atoms with van der Waals surface area (Å²) in [6.45, 7) is 0.275. The van der Waals surface area contributed by atoms with Crippen LogP contribution < -0.4 is 25.0 Å². The van der Waals surface area contributed by atoms with E-state index in [4.69, 9.17) is 16.3 Å². The number of amides is 1. The van der Waals surface area contributed by atoms with Gasteiger partial charge in [-0.15, -0.1) is 8.78 Å². The quantitative estimate of drug-likeness (QED) is 0.540. The highest BCUT2D eigenvalue weighted by Gasteiger charge is 2.44. The molecular formula is C21H16ClF2N5O4. The molecule has 2 aromatic carbocycles. The van der Waals surface area contributed by atoms with Crippen LogP contribution in [0.1, 0.15) is 5.56 Å². The normalized spacial score (nSPS) is 16.0. The van der Waals surface area contributed by atoms with E-state index in [-0.39, 0.29) is 40.6 Å². The summed E-state index contributed by atoms with van der Waals surface area (Å²) in [4.78, 5) is 21.8. The molecule has 0 fully saturated rings. The summed E-state index contributed by atoms with van der Waals surface area (Å²) < 4.78 is 41.1. The average molecular weight is 476 g/mol. The van der Waals surface area contributed by atoms with Crippen molar-refractivity contribution in [3.63, 3.8) is 0 Å². The Bertz CT molecular complexity index is 1260. The lowest BCUT2D eigenvalue weighted by molar-refractivity contribution is -0.286. The van der Waals surface area contributed by atoms with Crippen LogP contribution in [0.2, 0.25) is 5.02 Å². The number of para-hydroxylation sites is 1. The Hall–Kier alpha value is -3.86. The fourth-order valence-corrected chi connectivity index (χ4v) is 3.61. The van der Waals surface area contributed by atoms with Crippen LogP contribution in [0.4, 0.5) is 42.4 Å². The van der Waals surface area contributed by atoms with Crippen LogP contribution in [0.25, 0.3) is 0 Å². The molecule has 170 valence electrons. The molecule has 5 rings (SSSR count). The van der Waals surface area contributed by atoms with Gasteiger partial charge >= 0.3 is 12.4 Å². The van der Waals surface area contributed by atoms with E-state index in [0.717, 1.165) is 11.3 Å². The first-order valence-corrected chi connectivity index (χ1v) is 10.2. The van der Waals surface area contributed by atoms with Crippen molar-refractivity contribution in [3.8, 4) is 11.5 Å². The highest BCUT2D eigenvalue weighted by Crippen LogP contribution is 2.46. The predicted octanol–water partition coefficient (Wildman–Crippen LogP) is 5.07. The van der Waals surface area contributed by atoms with Gasteiger partial charge in [0.15, 0.2) is 17.3 Å². The first kappa shape index (κ1) is 21.0. The highest BCUT2D eigenvalue weighted by molar-refractivity contribution is 6.33. The van der Waals surface area contributed by atoms with Crippen molar-refractivity contribution in [2.45, 2.75) is 12.7 Å². The molecule has 1 aromatic heterocycles. The van der Waals surface area contributed by atoms with E-state index < -0.39 is 12.4 Å². The summed E-state index contributed by atoms with van der Waals surface area (Å²) in [5.74, 6) is 0.130. The number of carbonyl (C=O) groups excluding carboxylic acids is 1. The number of hydrogen-bond donors (Lipinski definition) is 2. The number of anilines is 5. The van der Waals surface area contributed by atoms with Crippen LogP contribution in [0.3, 0.4) is 0 Å². The standard InChI is InChI=1S/C21H16ClF2N5O4/c1-29-15-6-5-12(9-11(15)7-8-31-20(29)30)26-19-25-10-13(22)18(28-19)27-14-3-2-4-16-17(14)33-21(23,24)32-16/h2-6,9-10H,7-8H2,1H3,(H2,25,26,27,28). The summed E-state index contributed by atoms with van der Waals surface area (Å²) in [5.41, 5.74) is 2.55. The maximum atomic E-state index is 13.5. The molecule has 0 saturated carbocycles. The first-order valence-electron chi connectivity index (χ1n) is 9.78. The summed E-state index contributed by atoms with van der Waals surface area (Å²) >= 11 is 6.21. The lowest BCUT2D eigenvalue weighted by Gasteiger charge is -2.17. The lowest BCUT2D eigenvalue weighted by atomic mass is 10.1. The van der Waals surface area contributed by atoms with Crippen molar-refractivity contribution in [2.75, 3.05) is 29.2 Å². The van der Waals surface area contributed by atoms with Crippen molar-refractivity contribution in [3.05, 3.63) is 53.2 Å². The SMILES string of the molecule is CN1C(=O)OCCc2cc(Nc3ncc(Cl)c(Nc4cccc5c4OC(F)(F)O5)n3)ccc21. The molecule has 9 nitrogen and oxygen atoms in total. The third kappa shape index (κ3) is 4.14. The van der Waals surface area contributed by atoms with Crippen LogP contribution in [0.5, 0.6) is 11.5 Å². The van der Waals surface area contributed by atoms with Gasteiger partial charge in [-0.1, -0.05) is 17.7 Å². The molecule has 0 saturated heterocycles. The third-order valence-electron chi connectivity index (χ3n) is 4.99. The molecule has 0 atom stereocenters. The highest BCUT2D eigenvalue weighted by atomic mass is 35.5. The molecule has 0 spiro atoms. The second-order valence-electron chi connectivity index (χ2n) is 7.21. The zero-order valence-electron chi connectivity index (χ0n) is 17.1. The number of nitrogens with zero attached hydrogens (tertiary/aromatic N) is 3. The predicted molar refractivity (Wildman–Crippen MR) is 116 cm³/mol. The van der Waals surface area contributed by atoms with Crippen molar-refractivity contribution in [1.29, 1.82) is 0 Å². The minimum Gasteiger partial charge on any atom is -0.449 e. The van der Waals surface area contributed by atoms with Crippen LogP contribution in [-0.2, 0) is 11.2 Å². The maximum absolute atomic E-state index is 13.5. The topological polar surface area (TPSA) is 97.8 Å². The molecule has 0 aliphatic carbocycles. The fourth-order valence-electron chi connectivity index (χ4n) is 3.47. The molecule has 3 aromatic rings. The van der Waals surface area contributed by atoms with Gasteiger partial charge in [0, 0.05) is 19.2 Å². The second kappa shape index (κ2) is 7.93. The number of cyclic esters (lactones) is 1. The lowest BCUT2D eigenvalue weighted by Crippen LogP contribution is -2.26. The minimum absolute atomic E-state index is 0.106. The third-order valence-corrected chi connectivity index (χ3v) is 5.27. The van der Waals surface area contributed by atoms with E-state index in [1.807, 2.05) is 6.07 Å². The summed E-state index contributed by atoms with van der Waals surface area (Å²) in [6, 6.07) is 9.86. The van der Waals surface area contributed by atoms with Gasteiger partial charge in [-0.05, 0) is 35.9 Å². The summed E-state index contributed by atoms with van der Waals surface area (Å²) in [7, 11) is 1.64. The van der Waals surface area contributed by atoms with E-state index in [9.17, 15) is 13.6 Å². The van der Waals surface area contributed by atoms with Gasteiger partial charge in [-0.2, -0.15) is 4.98 Å². The molecule has 33 heavy (non-hydrogen) atoms. The summed E-state index contributed by atoms with van der Waals surface area (Å²) in [6.07, 6.45) is -2.23. The number of alkyl halides is 2. The summed E-state index contributed by atoms with van der Waals surface area (Å²) in [5, 5.41) is 6.13. The molecule has 0 radical (unpaired) electrons. The van der Waals surface area contributed by atoms with E-state index in [0.29, 0.717) is 12.1 Å². The Labute approximate surface area is 191 Å². The number of carbonyl (C=O) groups is 1. The Balaban J connectivity index is 1.39. The minimum atomic E-state index is -3.75. The van der Waals surface area contributed by atoms with Crippen LogP contribution in [0.15, 0.2) is 42.6 Å². The van der Waals surface area contributed by atoms with Crippen molar-refractivity contribution in [2.24, 2.45) is 0 Å². The molecule has 2 N–H and O–H groups in total. The number of halogens is 3. The van der Waals surface area contributed by atoms with E-state index in [2.05, 4.69) is 30.1 Å². The molecule has 1 amide bonds. The molecule has 0 unspecified atom stereocenters. The Kier molecular flexibility index (Phi) is 5.05. The van der Waals surface area contributed by atoms with Gasteiger partial charge in [0.2, 0.25) is 5.95 Å². The van der Waals surface area contributed by atoms with Gasteiger partial charge in [0.05, 0.1) is 24.2 Å². The smallest absolute Gasteiger partial charge is 0.449 e. The molecule has 0 bridgehead atoms. The first-order chi connectivity index (χ1) is 15.8. The number of benzene rings is 2. The fraction of sp³-hybridized carbons (Fsp3) is 0.190. The number of ether oxygens (including phenoxy) is 3. The molecular weight excluding hydrogens is 460 g/mol. The van der Waals surface area contributed by atoms with Gasteiger partial charge in [-0.3, -0.25) is 4.90 Å². The number of aromatic nitrogens is 2. The van der Waals surface area contributed by atoms with Crippen LogP contribution >= 0.6 is 11.6 Å². The molecule has 3 heterocycles. The number of hydrogen-bond acceptors (Lipinski definition) is 8. The molecule has 2 aliphatic heterocycles. The Morgan fingerprint density at radius 1 is 1.18 bits per heavy atom. The van der Waals surface area contributed by atoms with E-state index in [1.165, 1.54) is 29.3 Å². The number of nitrogens with one attached hydrogen (secondary N) is 2. The maximum Gasteiger partial charge on any atom is 0.586 e. The van der Waals surface area contributed by atoms with Crippen LogP contribution in [-0.4, -0.2) is 36.0 Å². The van der Waals surface area contributed by atoms with Gasteiger partial charge in [-0.25, -0.2) is 9.78 Å². The molecule has 2 aliphatic rings. The average Bonchev–Trinajstić information content (AvgIpc) is 3.03. The zero-order valence-corrected chi connectivity index (χ0v) is 17.8. The van der Waals surface area contributed by atoms with Crippen LogP contribution in [0, 0.1) is 0 Å². The van der Waals surface area contributed by atoms with Gasteiger partial charge in [0.25, 0.3) is 0 Å². The van der Waals surface area contributed by atoms with Gasteiger partial charge in [0.1, 0.15) is 5.02 Å². The Morgan fingerprint density at radius 3 is 2.88 bits per heavy atom. The van der Waals surface area contributed by atoms with E-state index >= 15 is 0 Å². The number of rotatable bonds is 4. The van der Waals surface area contributed by atoms with Crippen molar-refractivity contribution >= 4 is 46.5 Å². The van der Waals surface area contributed by atoms with E-state index in [1.54, 1.807) is 19.2 Å². The van der Waals surface area contributed by atoms with Gasteiger partial charge < -0.3 is 24.8 Å². The number of fused-ring (bicyclic) bond motifs is 2. The largest absolute Gasteiger partial charge is 0.586 e.